The molecule has 0 radical (unpaired) electrons. The zero-order valence-electron chi connectivity index (χ0n) is 12.0. The number of amides is 1. The number of para-hydroxylation sites is 1. The minimum atomic E-state index is 0. The third-order valence-electron chi connectivity index (χ3n) is 3.44. The Balaban J connectivity index is 0.00000200. The monoisotopic (exact) mass is 298 g/mol. The third-order valence-corrected chi connectivity index (χ3v) is 3.44. The van der Waals surface area contributed by atoms with Crippen molar-refractivity contribution in [2.75, 3.05) is 18.8 Å². The van der Waals surface area contributed by atoms with E-state index in [1.54, 1.807) is 0 Å². The van der Waals surface area contributed by atoms with Gasteiger partial charge in [0, 0.05) is 25.2 Å². The van der Waals surface area contributed by atoms with Gasteiger partial charge < -0.3 is 15.4 Å². The summed E-state index contributed by atoms with van der Waals surface area (Å²) >= 11 is 0. The number of nitrogens with two attached hydrogens (primary N) is 1. The SMILES string of the molecule is C[C@@H]1CN(C(=O)CCc2ccccc2N)C[C@H](C)O1.Cl. The lowest BCUT2D eigenvalue weighted by molar-refractivity contribution is -0.143. The zero-order chi connectivity index (χ0) is 13.8. The van der Waals surface area contributed by atoms with Crippen molar-refractivity contribution >= 4 is 24.0 Å². The zero-order valence-corrected chi connectivity index (χ0v) is 12.9. The van der Waals surface area contributed by atoms with E-state index in [4.69, 9.17) is 10.5 Å². The topological polar surface area (TPSA) is 55.6 Å². The van der Waals surface area contributed by atoms with Crippen LogP contribution in [0.4, 0.5) is 5.69 Å². The summed E-state index contributed by atoms with van der Waals surface area (Å²) in [5.41, 5.74) is 7.69. The minimum Gasteiger partial charge on any atom is -0.399 e. The molecule has 0 bridgehead atoms. The van der Waals surface area contributed by atoms with E-state index in [-0.39, 0.29) is 30.5 Å². The summed E-state index contributed by atoms with van der Waals surface area (Å²) < 4.78 is 5.63. The highest BCUT2D eigenvalue weighted by molar-refractivity contribution is 5.85. The van der Waals surface area contributed by atoms with E-state index in [9.17, 15) is 4.79 Å². The van der Waals surface area contributed by atoms with Gasteiger partial charge in [0.2, 0.25) is 5.91 Å². The van der Waals surface area contributed by atoms with Crippen LogP contribution in [0.2, 0.25) is 0 Å². The van der Waals surface area contributed by atoms with Crippen LogP contribution in [0.5, 0.6) is 0 Å². The number of rotatable bonds is 3. The Morgan fingerprint density at radius 3 is 2.50 bits per heavy atom. The van der Waals surface area contributed by atoms with E-state index in [1.165, 1.54) is 0 Å². The van der Waals surface area contributed by atoms with Crippen LogP contribution in [0.3, 0.4) is 0 Å². The molecule has 0 spiro atoms. The van der Waals surface area contributed by atoms with E-state index >= 15 is 0 Å². The number of nitrogen functional groups attached to an aromatic ring is 1. The Hall–Kier alpha value is -1.26. The summed E-state index contributed by atoms with van der Waals surface area (Å²) in [6.45, 7) is 5.39. The second-order valence-electron chi connectivity index (χ2n) is 5.25. The molecule has 2 atom stereocenters. The van der Waals surface area contributed by atoms with Crippen molar-refractivity contribution in [3.05, 3.63) is 29.8 Å². The molecule has 0 saturated carbocycles. The molecular weight excluding hydrogens is 276 g/mol. The number of aryl methyl sites for hydroxylation is 1. The van der Waals surface area contributed by atoms with Gasteiger partial charge in [0.1, 0.15) is 0 Å². The predicted octanol–water partition coefficient (Wildman–Crippen LogP) is 2.26. The van der Waals surface area contributed by atoms with Gasteiger partial charge in [-0.15, -0.1) is 12.4 Å². The van der Waals surface area contributed by atoms with Gasteiger partial charge >= 0.3 is 0 Å². The number of anilines is 1. The molecule has 0 unspecified atom stereocenters. The maximum absolute atomic E-state index is 12.2. The van der Waals surface area contributed by atoms with Gasteiger partial charge in [0.05, 0.1) is 12.2 Å². The number of carbonyl (C=O) groups is 1. The van der Waals surface area contributed by atoms with Crippen molar-refractivity contribution in [1.82, 2.24) is 4.90 Å². The van der Waals surface area contributed by atoms with Crippen molar-refractivity contribution in [3.63, 3.8) is 0 Å². The number of benzene rings is 1. The maximum atomic E-state index is 12.2. The predicted molar refractivity (Wildman–Crippen MR) is 83.0 cm³/mol. The molecule has 20 heavy (non-hydrogen) atoms. The molecule has 1 aliphatic heterocycles. The van der Waals surface area contributed by atoms with Crippen molar-refractivity contribution in [2.45, 2.75) is 38.9 Å². The van der Waals surface area contributed by atoms with E-state index in [2.05, 4.69) is 0 Å². The van der Waals surface area contributed by atoms with Crippen LogP contribution in [0.25, 0.3) is 0 Å². The highest BCUT2D eigenvalue weighted by Gasteiger charge is 2.25. The minimum absolute atomic E-state index is 0. The molecule has 0 aliphatic carbocycles. The average molecular weight is 299 g/mol. The lowest BCUT2D eigenvalue weighted by atomic mass is 10.1. The summed E-state index contributed by atoms with van der Waals surface area (Å²) in [5, 5.41) is 0. The molecule has 1 saturated heterocycles. The highest BCUT2D eigenvalue weighted by atomic mass is 35.5. The third kappa shape index (κ3) is 4.39. The molecule has 1 aliphatic rings. The Labute approximate surface area is 126 Å². The number of hydrogen-bond donors (Lipinski definition) is 1. The number of nitrogens with zero attached hydrogens (tertiary/aromatic N) is 1. The molecule has 1 heterocycles. The van der Waals surface area contributed by atoms with Gasteiger partial charge in [0.25, 0.3) is 0 Å². The molecule has 0 aromatic heterocycles. The van der Waals surface area contributed by atoms with E-state index in [1.807, 2.05) is 43.0 Å². The van der Waals surface area contributed by atoms with Crippen LogP contribution in [-0.4, -0.2) is 36.1 Å². The highest BCUT2D eigenvalue weighted by Crippen LogP contribution is 2.16. The molecule has 4 nitrogen and oxygen atoms in total. The fourth-order valence-electron chi connectivity index (χ4n) is 2.54. The molecule has 2 N–H and O–H groups in total. The maximum Gasteiger partial charge on any atom is 0.223 e. The second kappa shape index (κ2) is 7.50. The molecule has 2 rings (SSSR count). The summed E-state index contributed by atoms with van der Waals surface area (Å²) in [4.78, 5) is 14.1. The van der Waals surface area contributed by atoms with Gasteiger partial charge in [-0.3, -0.25) is 4.79 Å². The standard InChI is InChI=1S/C15H22N2O2.ClH/c1-11-9-17(10-12(2)19-11)15(18)8-7-13-5-3-4-6-14(13)16;/h3-6,11-12H,7-10,16H2,1-2H3;1H/t11-,12+;. The van der Waals surface area contributed by atoms with Crippen LogP contribution in [0.15, 0.2) is 24.3 Å². The van der Waals surface area contributed by atoms with Gasteiger partial charge in [0.15, 0.2) is 0 Å². The largest absolute Gasteiger partial charge is 0.399 e. The number of hydrogen-bond acceptors (Lipinski definition) is 3. The quantitative estimate of drug-likeness (QED) is 0.871. The Bertz CT molecular complexity index is 443. The van der Waals surface area contributed by atoms with E-state index in [0.29, 0.717) is 25.9 Å². The van der Waals surface area contributed by atoms with Crippen molar-refractivity contribution in [2.24, 2.45) is 0 Å². The summed E-state index contributed by atoms with van der Waals surface area (Å²) in [6.07, 6.45) is 1.45. The molecule has 1 aromatic carbocycles. The van der Waals surface area contributed by atoms with Gasteiger partial charge in [-0.2, -0.15) is 0 Å². The van der Waals surface area contributed by atoms with E-state index in [0.717, 1.165) is 11.3 Å². The van der Waals surface area contributed by atoms with Crippen LogP contribution < -0.4 is 5.73 Å². The lowest BCUT2D eigenvalue weighted by Crippen LogP contribution is -2.48. The number of halogens is 1. The van der Waals surface area contributed by atoms with E-state index < -0.39 is 0 Å². The molecule has 5 heteroatoms. The van der Waals surface area contributed by atoms with Crippen LogP contribution in [-0.2, 0) is 16.0 Å². The summed E-state index contributed by atoms with van der Waals surface area (Å²) in [6, 6.07) is 7.72. The lowest BCUT2D eigenvalue weighted by Gasteiger charge is -2.35. The number of ether oxygens (including phenoxy) is 1. The van der Waals surface area contributed by atoms with Crippen molar-refractivity contribution in [1.29, 1.82) is 0 Å². The van der Waals surface area contributed by atoms with Gasteiger partial charge in [-0.05, 0) is 31.9 Å². The first kappa shape index (κ1) is 16.8. The molecule has 1 aromatic rings. The first-order valence-corrected chi connectivity index (χ1v) is 6.83. The first-order valence-electron chi connectivity index (χ1n) is 6.83. The Morgan fingerprint density at radius 2 is 1.90 bits per heavy atom. The van der Waals surface area contributed by atoms with Crippen LogP contribution >= 0.6 is 12.4 Å². The van der Waals surface area contributed by atoms with Crippen LogP contribution in [0, 0.1) is 0 Å². The summed E-state index contributed by atoms with van der Waals surface area (Å²) in [5.74, 6) is 0.185. The van der Waals surface area contributed by atoms with Gasteiger partial charge in [-0.1, -0.05) is 18.2 Å². The summed E-state index contributed by atoms with van der Waals surface area (Å²) in [7, 11) is 0. The normalized spacial score (nSPS) is 22.2. The Kier molecular flexibility index (Phi) is 6.30. The number of carbonyl (C=O) groups excluding carboxylic acids is 1. The Morgan fingerprint density at radius 1 is 1.30 bits per heavy atom. The van der Waals surface area contributed by atoms with Crippen molar-refractivity contribution < 1.29 is 9.53 Å². The number of morpholine rings is 1. The molecule has 1 fully saturated rings. The fraction of sp³-hybridized carbons (Fsp3) is 0.533. The van der Waals surface area contributed by atoms with Crippen molar-refractivity contribution in [3.8, 4) is 0 Å². The molecule has 1 amide bonds. The van der Waals surface area contributed by atoms with Crippen LogP contribution in [0.1, 0.15) is 25.8 Å². The smallest absolute Gasteiger partial charge is 0.223 e. The van der Waals surface area contributed by atoms with Gasteiger partial charge in [-0.25, -0.2) is 0 Å². The fourth-order valence-corrected chi connectivity index (χ4v) is 2.54. The first-order chi connectivity index (χ1) is 9.06. The molecular formula is C15H23ClN2O2. The average Bonchev–Trinajstić information content (AvgIpc) is 2.36. The molecule has 112 valence electrons. The second-order valence-corrected chi connectivity index (χ2v) is 5.25.